The van der Waals surface area contributed by atoms with Gasteiger partial charge in [0.2, 0.25) is 0 Å². The van der Waals surface area contributed by atoms with Gasteiger partial charge in [0.1, 0.15) is 6.04 Å². The van der Waals surface area contributed by atoms with Gasteiger partial charge in [0, 0.05) is 18.0 Å². The van der Waals surface area contributed by atoms with Gasteiger partial charge < -0.3 is 15.7 Å². The van der Waals surface area contributed by atoms with Gasteiger partial charge in [-0.25, -0.2) is 13.4 Å². The van der Waals surface area contributed by atoms with E-state index in [1.807, 2.05) is 11.8 Å². The highest BCUT2D eigenvalue weighted by molar-refractivity contribution is 7.91. The number of nitrogens with two attached hydrogens (primary N) is 1. The van der Waals surface area contributed by atoms with Gasteiger partial charge in [-0.3, -0.25) is 4.79 Å². The number of carbonyl (C=O) groups is 1. The molecule has 2 unspecified atom stereocenters. The predicted molar refractivity (Wildman–Crippen MR) is 72.1 cm³/mol. The van der Waals surface area contributed by atoms with Crippen LogP contribution in [0.25, 0.3) is 0 Å². The van der Waals surface area contributed by atoms with Gasteiger partial charge in [-0.05, 0) is 6.92 Å². The van der Waals surface area contributed by atoms with Gasteiger partial charge in [0.25, 0.3) is 0 Å². The molecule has 0 radical (unpaired) electrons. The summed E-state index contributed by atoms with van der Waals surface area (Å²) >= 11 is 1.28. The van der Waals surface area contributed by atoms with E-state index < -0.39 is 21.8 Å². The Hall–Kier alpha value is -1.19. The molecule has 0 spiro atoms. The summed E-state index contributed by atoms with van der Waals surface area (Å²) in [6.45, 7) is 2.19. The van der Waals surface area contributed by atoms with Crippen molar-refractivity contribution in [2.75, 3.05) is 23.0 Å². The van der Waals surface area contributed by atoms with Gasteiger partial charge in [-0.2, -0.15) is 0 Å². The van der Waals surface area contributed by atoms with Gasteiger partial charge in [-0.15, -0.1) is 11.3 Å². The average Bonchev–Trinajstić information content (AvgIpc) is 2.75. The van der Waals surface area contributed by atoms with Crippen molar-refractivity contribution in [2.24, 2.45) is 5.73 Å². The number of thiazole rings is 1. The Bertz CT molecular complexity index is 583. The van der Waals surface area contributed by atoms with Crippen LogP contribution in [0.5, 0.6) is 0 Å². The fraction of sp³-hybridized carbons (Fsp3) is 0.600. The maximum atomic E-state index is 11.5. The first-order valence-corrected chi connectivity index (χ1v) is 8.41. The molecule has 2 rings (SSSR count). The van der Waals surface area contributed by atoms with E-state index in [0.29, 0.717) is 17.4 Å². The summed E-state index contributed by atoms with van der Waals surface area (Å²) in [5, 5.41) is 11.0. The Morgan fingerprint density at radius 3 is 2.95 bits per heavy atom. The molecule has 1 aromatic heterocycles. The Morgan fingerprint density at radius 2 is 2.37 bits per heavy atom. The summed E-state index contributed by atoms with van der Waals surface area (Å²) in [5.74, 6) is -0.949. The minimum atomic E-state index is -2.98. The normalized spacial score (nSPS) is 24.1. The molecule has 3 N–H and O–H groups in total. The number of sulfone groups is 1. The highest BCUT2D eigenvalue weighted by Gasteiger charge is 2.30. The highest BCUT2D eigenvalue weighted by atomic mass is 32.2. The third kappa shape index (κ3) is 3.04. The maximum Gasteiger partial charge on any atom is 0.326 e. The number of nitrogens with zero attached hydrogens (tertiary/aromatic N) is 2. The van der Waals surface area contributed by atoms with Gasteiger partial charge in [-0.1, -0.05) is 0 Å². The van der Waals surface area contributed by atoms with Crippen molar-refractivity contribution in [3.63, 3.8) is 0 Å². The molecule has 2 atom stereocenters. The van der Waals surface area contributed by atoms with E-state index in [2.05, 4.69) is 4.98 Å². The quantitative estimate of drug-likeness (QED) is 0.798. The lowest BCUT2D eigenvalue weighted by molar-refractivity contribution is -0.138. The molecule has 2 heterocycles. The first-order valence-electron chi connectivity index (χ1n) is 5.71. The molecule has 19 heavy (non-hydrogen) atoms. The van der Waals surface area contributed by atoms with E-state index in [1.165, 1.54) is 11.3 Å². The lowest BCUT2D eigenvalue weighted by Crippen LogP contribution is -2.47. The number of hydrogen-bond acceptors (Lipinski definition) is 7. The largest absolute Gasteiger partial charge is 0.480 e. The van der Waals surface area contributed by atoms with E-state index in [0.717, 1.165) is 0 Å². The van der Waals surface area contributed by atoms with Crippen LogP contribution in [0.2, 0.25) is 0 Å². The molecule has 1 aliphatic heterocycles. The molecular weight excluding hydrogens is 290 g/mol. The Balaban J connectivity index is 2.17. The van der Waals surface area contributed by atoms with Gasteiger partial charge in [0.05, 0.1) is 17.2 Å². The first-order chi connectivity index (χ1) is 8.80. The molecule has 0 aromatic carbocycles. The number of hydrogen-bond donors (Lipinski definition) is 2. The van der Waals surface area contributed by atoms with Crippen molar-refractivity contribution in [1.82, 2.24) is 4.98 Å². The van der Waals surface area contributed by atoms with Crippen LogP contribution in [0.4, 0.5) is 5.13 Å². The van der Waals surface area contributed by atoms with Crippen LogP contribution in [0.1, 0.15) is 18.7 Å². The van der Waals surface area contributed by atoms with Crippen LogP contribution < -0.4 is 10.6 Å². The molecule has 1 saturated heterocycles. The highest BCUT2D eigenvalue weighted by Crippen LogP contribution is 2.27. The summed E-state index contributed by atoms with van der Waals surface area (Å²) in [5.41, 5.74) is 5.79. The minimum absolute atomic E-state index is 0.0902. The van der Waals surface area contributed by atoms with Gasteiger partial charge >= 0.3 is 5.97 Å². The molecule has 0 aliphatic carbocycles. The standard InChI is InChI=1S/C10H15N3O4S2/c1-6-5-19(16,17)3-2-13(6)10-12-7(4-18-10)8(11)9(14)15/h4,6,8H,2-3,5,11H2,1H3,(H,14,15). The second kappa shape index (κ2) is 5.06. The van der Waals surface area contributed by atoms with Crippen LogP contribution in [0.3, 0.4) is 0 Å². The van der Waals surface area contributed by atoms with Crippen molar-refractivity contribution >= 4 is 32.3 Å². The Morgan fingerprint density at radius 1 is 1.68 bits per heavy atom. The smallest absolute Gasteiger partial charge is 0.326 e. The summed E-state index contributed by atoms with van der Waals surface area (Å²) in [4.78, 5) is 16.9. The van der Waals surface area contributed by atoms with Crippen LogP contribution in [0, 0.1) is 0 Å². The number of aromatic nitrogens is 1. The number of carboxylic acids is 1. The molecule has 106 valence electrons. The number of anilines is 1. The first kappa shape index (κ1) is 14.2. The molecule has 0 amide bonds. The molecule has 7 nitrogen and oxygen atoms in total. The van der Waals surface area contributed by atoms with Crippen molar-refractivity contribution in [1.29, 1.82) is 0 Å². The van der Waals surface area contributed by atoms with E-state index in [9.17, 15) is 13.2 Å². The van der Waals surface area contributed by atoms with Crippen LogP contribution in [-0.4, -0.2) is 48.6 Å². The minimum Gasteiger partial charge on any atom is -0.480 e. The average molecular weight is 305 g/mol. The summed E-state index contributed by atoms with van der Waals surface area (Å²) in [6, 6.07) is -1.31. The molecule has 9 heteroatoms. The predicted octanol–water partition coefficient (Wildman–Crippen LogP) is -0.149. The molecule has 1 aliphatic rings. The maximum absolute atomic E-state index is 11.5. The van der Waals surface area contributed by atoms with E-state index >= 15 is 0 Å². The van der Waals surface area contributed by atoms with E-state index in [4.69, 9.17) is 10.8 Å². The summed E-state index contributed by atoms with van der Waals surface area (Å²) < 4.78 is 23.0. The Kier molecular flexibility index (Phi) is 3.79. The third-order valence-electron chi connectivity index (χ3n) is 3.01. The molecule has 1 aromatic rings. The number of aliphatic carboxylic acids is 1. The zero-order valence-electron chi connectivity index (χ0n) is 10.3. The Labute approximate surface area is 115 Å². The number of rotatable bonds is 3. The van der Waals surface area contributed by atoms with Gasteiger partial charge in [0.15, 0.2) is 15.0 Å². The lowest BCUT2D eigenvalue weighted by Gasteiger charge is -2.32. The number of carboxylic acid groups (broad SMARTS) is 1. The fourth-order valence-corrected chi connectivity index (χ4v) is 4.51. The van der Waals surface area contributed by atoms with Crippen molar-refractivity contribution in [3.8, 4) is 0 Å². The summed E-state index contributed by atoms with van der Waals surface area (Å²) in [6.07, 6.45) is 0. The zero-order chi connectivity index (χ0) is 14.2. The SMILES string of the molecule is CC1CS(=O)(=O)CCN1c1nc(C(N)C(=O)O)cs1. The molecule has 0 saturated carbocycles. The van der Waals surface area contributed by atoms with Crippen LogP contribution in [0.15, 0.2) is 5.38 Å². The molecule has 1 fully saturated rings. The van der Waals surface area contributed by atoms with Crippen molar-refractivity contribution in [2.45, 2.75) is 19.0 Å². The topological polar surface area (TPSA) is 114 Å². The fourth-order valence-electron chi connectivity index (χ4n) is 1.96. The summed E-state index contributed by atoms with van der Waals surface area (Å²) in [7, 11) is -2.98. The monoisotopic (exact) mass is 305 g/mol. The van der Waals surface area contributed by atoms with Crippen molar-refractivity contribution < 1.29 is 18.3 Å². The van der Waals surface area contributed by atoms with E-state index in [1.54, 1.807) is 5.38 Å². The molecule has 0 bridgehead atoms. The second-order valence-corrected chi connectivity index (χ2v) is 7.59. The second-order valence-electron chi connectivity index (χ2n) is 4.53. The van der Waals surface area contributed by atoms with Crippen LogP contribution in [-0.2, 0) is 14.6 Å². The van der Waals surface area contributed by atoms with Crippen molar-refractivity contribution in [3.05, 3.63) is 11.1 Å². The zero-order valence-corrected chi connectivity index (χ0v) is 11.9. The molecular formula is C10H15N3O4S2. The van der Waals surface area contributed by atoms with Crippen LogP contribution >= 0.6 is 11.3 Å². The lowest BCUT2D eigenvalue weighted by atomic mass is 10.2. The van der Waals surface area contributed by atoms with E-state index in [-0.39, 0.29) is 17.5 Å². The third-order valence-corrected chi connectivity index (χ3v) is 5.70.